The molecule has 0 saturated carbocycles. The molecule has 25 heavy (non-hydrogen) atoms. The molecule has 2 aromatic rings. The highest BCUT2D eigenvalue weighted by Gasteiger charge is 2.27. The molecule has 0 aromatic heterocycles. The molecule has 2 unspecified atom stereocenters. The minimum absolute atomic E-state index is 0.00861. The topological polar surface area (TPSA) is 27.7 Å². The van der Waals surface area contributed by atoms with Gasteiger partial charge in [-0.3, -0.25) is 0 Å². The second-order valence-corrected chi connectivity index (χ2v) is 5.95. The van der Waals surface area contributed by atoms with Gasteiger partial charge in [-0.25, -0.2) is 13.2 Å². The van der Waals surface area contributed by atoms with Crippen LogP contribution in [0.2, 0.25) is 0 Å². The van der Waals surface area contributed by atoms with E-state index in [0.29, 0.717) is 12.8 Å². The maximum atomic E-state index is 14.6. The monoisotopic (exact) mass is 352 g/mol. The quantitative estimate of drug-likeness (QED) is 0.802. The van der Waals surface area contributed by atoms with Crippen LogP contribution in [0.25, 0.3) is 11.1 Å². The Morgan fingerprint density at radius 2 is 1.80 bits per heavy atom. The van der Waals surface area contributed by atoms with Gasteiger partial charge in [-0.2, -0.15) is 0 Å². The lowest BCUT2D eigenvalue weighted by atomic mass is 9.90. The lowest BCUT2D eigenvalue weighted by Crippen LogP contribution is -2.26. The Morgan fingerprint density at radius 3 is 2.40 bits per heavy atom. The summed E-state index contributed by atoms with van der Waals surface area (Å²) in [6, 6.07) is 7.01. The highest BCUT2D eigenvalue weighted by atomic mass is 19.2. The van der Waals surface area contributed by atoms with Gasteiger partial charge in [0.05, 0.1) is 13.7 Å². The van der Waals surface area contributed by atoms with Gasteiger partial charge in [0, 0.05) is 18.6 Å². The minimum Gasteiger partial charge on any atom is -0.494 e. The third-order valence-corrected chi connectivity index (χ3v) is 4.51. The first-order chi connectivity index (χ1) is 12.0. The zero-order chi connectivity index (χ0) is 18.0. The van der Waals surface area contributed by atoms with E-state index in [-0.39, 0.29) is 41.3 Å². The van der Waals surface area contributed by atoms with Crippen LogP contribution in [-0.4, -0.2) is 27.1 Å². The fourth-order valence-corrected chi connectivity index (χ4v) is 3.10. The van der Waals surface area contributed by atoms with Crippen LogP contribution in [-0.2, 0) is 9.47 Å². The van der Waals surface area contributed by atoms with E-state index in [9.17, 15) is 13.2 Å². The molecule has 3 nitrogen and oxygen atoms in total. The van der Waals surface area contributed by atoms with Gasteiger partial charge < -0.3 is 14.2 Å². The first-order valence-electron chi connectivity index (χ1n) is 8.01. The molecule has 3 rings (SSSR count). The van der Waals surface area contributed by atoms with Crippen molar-refractivity contribution in [3.8, 4) is 16.9 Å². The first kappa shape index (κ1) is 17.8. The molecule has 1 aliphatic heterocycles. The lowest BCUT2D eigenvalue weighted by molar-refractivity contribution is -0.151. The Labute approximate surface area is 144 Å². The number of rotatable bonds is 4. The molecule has 0 bridgehead atoms. The highest BCUT2D eigenvalue weighted by Crippen LogP contribution is 2.35. The molecule has 1 fully saturated rings. The van der Waals surface area contributed by atoms with Gasteiger partial charge in [-0.15, -0.1) is 0 Å². The van der Waals surface area contributed by atoms with Gasteiger partial charge in [0.15, 0.2) is 29.5 Å². The second kappa shape index (κ2) is 7.45. The fourth-order valence-electron chi connectivity index (χ4n) is 3.10. The molecule has 0 N–H and O–H groups in total. The summed E-state index contributed by atoms with van der Waals surface area (Å²) in [6.45, 7) is 0.269. The number of benzene rings is 2. The summed E-state index contributed by atoms with van der Waals surface area (Å²) in [7, 11) is 2.89. The maximum Gasteiger partial charge on any atom is 0.166 e. The molecule has 1 heterocycles. The molecule has 0 amide bonds. The van der Waals surface area contributed by atoms with Crippen molar-refractivity contribution in [1.29, 1.82) is 0 Å². The summed E-state index contributed by atoms with van der Waals surface area (Å²) >= 11 is 0. The standard InChI is InChI=1S/C19H19F3O3/c1-23-16-7-3-11(9-15(16)20)13-5-6-14(19(22)18(13)21)12-4-8-17(24-2)25-10-12/h3,5-7,9,12,17H,4,8,10H2,1-2H3. The van der Waals surface area contributed by atoms with Crippen molar-refractivity contribution in [2.75, 3.05) is 20.8 Å². The van der Waals surface area contributed by atoms with E-state index >= 15 is 0 Å². The SMILES string of the molecule is COc1ccc(-c2ccc(C3CCC(OC)OC3)c(F)c2F)cc1F. The largest absolute Gasteiger partial charge is 0.494 e. The van der Waals surface area contributed by atoms with Gasteiger partial charge in [-0.05, 0) is 36.1 Å². The van der Waals surface area contributed by atoms with Crippen LogP contribution in [0.15, 0.2) is 30.3 Å². The molecule has 1 aliphatic rings. The molecule has 1 saturated heterocycles. The zero-order valence-electron chi connectivity index (χ0n) is 14.0. The average Bonchev–Trinajstić information content (AvgIpc) is 2.64. The molecule has 0 spiro atoms. The summed E-state index contributed by atoms with van der Waals surface area (Å²) < 4.78 is 58.4. The highest BCUT2D eigenvalue weighted by molar-refractivity contribution is 5.66. The van der Waals surface area contributed by atoms with Gasteiger partial charge in [-0.1, -0.05) is 18.2 Å². The number of hydrogen-bond acceptors (Lipinski definition) is 3. The van der Waals surface area contributed by atoms with Gasteiger partial charge in [0.1, 0.15) is 0 Å². The third kappa shape index (κ3) is 3.50. The summed E-state index contributed by atoms with van der Waals surface area (Å²) in [4.78, 5) is 0. The normalized spacial score (nSPS) is 20.5. The van der Waals surface area contributed by atoms with E-state index < -0.39 is 17.5 Å². The number of halogens is 3. The zero-order valence-corrected chi connectivity index (χ0v) is 14.0. The molecule has 2 aromatic carbocycles. The van der Waals surface area contributed by atoms with Crippen molar-refractivity contribution in [3.63, 3.8) is 0 Å². The average molecular weight is 352 g/mol. The Balaban J connectivity index is 1.89. The van der Waals surface area contributed by atoms with Crippen molar-refractivity contribution in [3.05, 3.63) is 53.3 Å². The van der Waals surface area contributed by atoms with Crippen molar-refractivity contribution >= 4 is 0 Å². The Morgan fingerprint density at radius 1 is 1.00 bits per heavy atom. The van der Waals surface area contributed by atoms with E-state index in [1.54, 1.807) is 7.11 Å². The first-order valence-corrected chi connectivity index (χ1v) is 8.01. The van der Waals surface area contributed by atoms with Crippen LogP contribution in [0, 0.1) is 17.5 Å². The van der Waals surface area contributed by atoms with Crippen LogP contribution in [0.5, 0.6) is 5.75 Å². The second-order valence-electron chi connectivity index (χ2n) is 5.95. The molecular weight excluding hydrogens is 333 g/mol. The van der Waals surface area contributed by atoms with Crippen LogP contribution in [0.1, 0.15) is 24.3 Å². The third-order valence-electron chi connectivity index (χ3n) is 4.51. The molecule has 2 atom stereocenters. The van der Waals surface area contributed by atoms with Crippen LogP contribution >= 0.6 is 0 Å². The van der Waals surface area contributed by atoms with Gasteiger partial charge >= 0.3 is 0 Å². The van der Waals surface area contributed by atoms with Crippen molar-refractivity contribution < 1.29 is 27.4 Å². The Hall–Kier alpha value is -2.05. The molecular formula is C19H19F3O3. The summed E-state index contributed by atoms with van der Waals surface area (Å²) in [5.41, 5.74) is 0.527. The van der Waals surface area contributed by atoms with Crippen molar-refractivity contribution in [2.24, 2.45) is 0 Å². The lowest BCUT2D eigenvalue weighted by Gasteiger charge is -2.28. The van der Waals surface area contributed by atoms with E-state index in [1.165, 1.54) is 31.4 Å². The number of hydrogen-bond donors (Lipinski definition) is 0. The molecule has 134 valence electrons. The van der Waals surface area contributed by atoms with Crippen LogP contribution < -0.4 is 4.74 Å². The summed E-state index contributed by atoms with van der Waals surface area (Å²) in [6.07, 6.45) is 0.963. The molecule has 0 aliphatic carbocycles. The van der Waals surface area contributed by atoms with Crippen molar-refractivity contribution in [2.45, 2.75) is 25.0 Å². The van der Waals surface area contributed by atoms with E-state index in [0.717, 1.165) is 6.07 Å². The smallest absolute Gasteiger partial charge is 0.166 e. The van der Waals surface area contributed by atoms with Gasteiger partial charge in [0.25, 0.3) is 0 Å². The van der Waals surface area contributed by atoms with Gasteiger partial charge in [0.2, 0.25) is 0 Å². The van der Waals surface area contributed by atoms with Crippen LogP contribution in [0.3, 0.4) is 0 Å². The van der Waals surface area contributed by atoms with Crippen molar-refractivity contribution in [1.82, 2.24) is 0 Å². The number of methoxy groups -OCH3 is 2. The number of ether oxygens (including phenoxy) is 3. The van der Waals surface area contributed by atoms with E-state index in [4.69, 9.17) is 14.2 Å². The Kier molecular flexibility index (Phi) is 5.30. The van der Waals surface area contributed by atoms with E-state index in [1.807, 2.05) is 0 Å². The van der Waals surface area contributed by atoms with E-state index in [2.05, 4.69) is 0 Å². The predicted molar refractivity (Wildman–Crippen MR) is 87.0 cm³/mol. The molecule has 0 radical (unpaired) electrons. The Bertz CT molecular complexity index is 756. The predicted octanol–water partition coefficient (Wildman–Crippen LogP) is 4.65. The minimum atomic E-state index is -0.990. The summed E-state index contributed by atoms with van der Waals surface area (Å²) in [5, 5.41) is 0. The summed E-state index contributed by atoms with van der Waals surface area (Å²) in [5.74, 6) is -2.72. The fraction of sp³-hybridized carbons (Fsp3) is 0.368. The van der Waals surface area contributed by atoms with Crippen LogP contribution in [0.4, 0.5) is 13.2 Å². The maximum absolute atomic E-state index is 14.6. The molecule has 6 heteroatoms.